The predicted molar refractivity (Wildman–Crippen MR) is 141 cm³/mol. The van der Waals surface area contributed by atoms with Gasteiger partial charge in [0.25, 0.3) is 11.6 Å². The summed E-state index contributed by atoms with van der Waals surface area (Å²) >= 11 is 0. The molecule has 0 spiro atoms. The number of ether oxygens (including phenoxy) is 1. The van der Waals surface area contributed by atoms with Crippen LogP contribution in [0.15, 0.2) is 55.2 Å². The lowest BCUT2D eigenvalue weighted by molar-refractivity contribution is -0.385. The van der Waals surface area contributed by atoms with E-state index < -0.39 is 4.92 Å². The van der Waals surface area contributed by atoms with E-state index in [0.29, 0.717) is 55.2 Å². The van der Waals surface area contributed by atoms with Gasteiger partial charge in [-0.2, -0.15) is 10.4 Å². The highest BCUT2D eigenvalue weighted by molar-refractivity contribution is 5.94. The summed E-state index contributed by atoms with van der Waals surface area (Å²) in [6, 6.07) is 9.21. The molecule has 0 aromatic carbocycles. The summed E-state index contributed by atoms with van der Waals surface area (Å²) in [5, 5.41) is 24.7. The number of pyridine rings is 3. The topological polar surface area (TPSA) is 143 Å². The van der Waals surface area contributed by atoms with E-state index in [1.54, 1.807) is 21.8 Å². The number of amides is 1. The zero-order chi connectivity index (χ0) is 27.4. The number of hydrogen-bond acceptors (Lipinski definition) is 9. The molecule has 1 aliphatic heterocycles. The van der Waals surface area contributed by atoms with Gasteiger partial charge in [-0.25, -0.2) is 9.50 Å². The van der Waals surface area contributed by atoms with E-state index in [1.165, 1.54) is 18.5 Å². The molecule has 1 aliphatic rings. The van der Waals surface area contributed by atoms with Gasteiger partial charge in [-0.05, 0) is 25.1 Å². The van der Waals surface area contributed by atoms with Crippen molar-refractivity contribution < 1.29 is 14.5 Å². The molecule has 0 unspecified atom stereocenters. The quantitative estimate of drug-likeness (QED) is 0.220. The Kier molecular flexibility index (Phi) is 7.01. The highest BCUT2D eigenvalue weighted by atomic mass is 16.6. The highest BCUT2D eigenvalue weighted by Gasteiger charge is 2.21. The van der Waals surface area contributed by atoms with Gasteiger partial charge in [0.2, 0.25) is 0 Å². The maximum atomic E-state index is 12.6. The predicted octanol–water partition coefficient (Wildman–Crippen LogP) is 2.67. The van der Waals surface area contributed by atoms with E-state index in [-0.39, 0.29) is 11.6 Å². The first-order valence-electron chi connectivity index (χ1n) is 12.1. The number of nitrogens with zero attached hydrogens (tertiary/aromatic N) is 8. The van der Waals surface area contributed by atoms with Crippen molar-refractivity contribution >= 4 is 22.9 Å². The van der Waals surface area contributed by atoms with E-state index >= 15 is 0 Å². The van der Waals surface area contributed by atoms with Gasteiger partial charge in [0.05, 0.1) is 40.6 Å². The number of piperazine rings is 1. The summed E-state index contributed by atoms with van der Waals surface area (Å²) in [5.41, 5.74) is 2.89. The Labute approximate surface area is 223 Å². The molecule has 1 amide bonds. The average Bonchev–Trinajstić information content (AvgIpc) is 3.39. The van der Waals surface area contributed by atoms with Crippen molar-refractivity contribution in [1.29, 1.82) is 5.26 Å². The Morgan fingerprint density at radius 1 is 1.15 bits per heavy atom. The minimum atomic E-state index is -0.556. The van der Waals surface area contributed by atoms with E-state index in [1.807, 2.05) is 25.1 Å². The monoisotopic (exact) mass is 522 g/mol. The molecule has 39 heavy (non-hydrogen) atoms. The molecule has 0 atom stereocenters. The maximum Gasteiger partial charge on any atom is 0.298 e. The first-order valence-corrected chi connectivity index (χ1v) is 12.1. The summed E-state index contributed by atoms with van der Waals surface area (Å²) < 4.78 is 7.32. The molecule has 0 saturated carbocycles. The van der Waals surface area contributed by atoms with Crippen molar-refractivity contribution in [1.82, 2.24) is 24.5 Å². The van der Waals surface area contributed by atoms with Crippen LogP contribution >= 0.6 is 0 Å². The van der Waals surface area contributed by atoms with Crippen molar-refractivity contribution in [3.63, 3.8) is 0 Å². The van der Waals surface area contributed by atoms with Gasteiger partial charge < -0.3 is 14.5 Å². The Morgan fingerprint density at radius 2 is 1.97 bits per heavy atom. The van der Waals surface area contributed by atoms with Gasteiger partial charge in [-0.1, -0.05) is 5.92 Å². The number of hydrogen-bond donors (Lipinski definition) is 0. The van der Waals surface area contributed by atoms with Crippen LogP contribution in [0.5, 0.6) is 5.75 Å². The molecule has 194 valence electrons. The zero-order valence-electron chi connectivity index (χ0n) is 20.9. The molecular weight excluding hydrogens is 500 g/mol. The Balaban J connectivity index is 1.27. The van der Waals surface area contributed by atoms with Gasteiger partial charge in [0.1, 0.15) is 23.8 Å². The van der Waals surface area contributed by atoms with E-state index in [2.05, 4.69) is 37.9 Å². The lowest BCUT2D eigenvalue weighted by atomic mass is 10.1. The fourth-order valence-corrected chi connectivity index (χ4v) is 4.32. The van der Waals surface area contributed by atoms with Crippen LogP contribution in [0.3, 0.4) is 0 Å². The molecule has 12 nitrogen and oxygen atoms in total. The normalized spacial score (nSPS) is 12.9. The third-order valence-corrected chi connectivity index (χ3v) is 6.22. The second kappa shape index (κ2) is 10.9. The number of rotatable bonds is 5. The molecule has 4 aromatic heterocycles. The molecule has 1 saturated heterocycles. The van der Waals surface area contributed by atoms with Crippen LogP contribution in [0.1, 0.15) is 18.1 Å². The fourth-order valence-electron chi connectivity index (χ4n) is 4.32. The van der Waals surface area contributed by atoms with Crippen LogP contribution in [0, 0.1) is 33.3 Å². The molecule has 12 heteroatoms. The standard InChI is InChI=1S/C27H22N8O4/c1-2-39-23-12-24(27-21(13-28)16-31-34(27)18-23)20-4-5-25(30-15-20)32-7-9-33(10-8-32)26(36)6-3-19-11-22(35(37)38)17-29-14-19/h4-5,11-12,14-18H,2,7-10H2,1H3. The second-order valence-corrected chi connectivity index (χ2v) is 8.61. The molecule has 0 N–H and O–H groups in total. The van der Waals surface area contributed by atoms with Crippen molar-refractivity contribution in [2.24, 2.45) is 0 Å². The number of aromatic nitrogens is 4. The third-order valence-electron chi connectivity index (χ3n) is 6.22. The first-order chi connectivity index (χ1) is 19.0. The molecular formula is C27H22N8O4. The molecule has 5 rings (SSSR count). The third kappa shape index (κ3) is 5.31. The van der Waals surface area contributed by atoms with Crippen LogP contribution in [0.2, 0.25) is 0 Å². The van der Waals surface area contributed by atoms with Crippen LogP contribution in [0.25, 0.3) is 16.6 Å². The first kappa shape index (κ1) is 25.2. The Bertz CT molecular complexity index is 1660. The lowest BCUT2D eigenvalue weighted by Gasteiger charge is -2.34. The van der Waals surface area contributed by atoms with Gasteiger partial charge in [0.15, 0.2) is 0 Å². The van der Waals surface area contributed by atoms with Gasteiger partial charge in [-0.15, -0.1) is 0 Å². The zero-order valence-corrected chi connectivity index (χ0v) is 20.9. The minimum Gasteiger partial charge on any atom is -0.492 e. The van der Waals surface area contributed by atoms with Crippen molar-refractivity contribution in [3.8, 4) is 34.8 Å². The van der Waals surface area contributed by atoms with E-state index in [0.717, 1.165) is 23.1 Å². The highest BCUT2D eigenvalue weighted by Crippen LogP contribution is 2.31. The Morgan fingerprint density at radius 3 is 2.67 bits per heavy atom. The maximum absolute atomic E-state index is 12.6. The number of fused-ring (bicyclic) bond motifs is 1. The largest absolute Gasteiger partial charge is 0.492 e. The molecule has 0 radical (unpaired) electrons. The van der Waals surface area contributed by atoms with Gasteiger partial charge >= 0.3 is 0 Å². The summed E-state index contributed by atoms with van der Waals surface area (Å²) in [6.45, 7) is 4.47. The smallest absolute Gasteiger partial charge is 0.298 e. The van der Waals surface area contributed by atoms with Crippen molar-refractivity contribution in [2.75, 3.05) is 37.7 Å². The van der Waals surface area contributed by atoms with Crippen molar-refractivity contribution in [2.45, 2.75) is 6.92 Å². The van der Waals surface area contributed by atoms with Crippen molar-refractivity contribution in [3.05, 3.63) is 76.5 Å². The number of carbonyl (C=O) groups is 1. The van der Waals surface area contributed by atoms with Gasteiger partial charge in [-0.3, -0.25) is 19.9 Å². The second-order valence-electron chi connectivity index (χ2n) is 8.61. The fraction of sp³-hybridized carbons (Fsp3) is 0.222. The van der Waals surface area contributed by atoms with Gasteiger partial charge in [0, 0.05) is 61.7 Å². The minimum absolute atomic E-state index is 0.177. The number of nitriles is 1. The average molecular weight is 523 g/mol. The van der Waals surface area contributed by atoms with Crippen LogP contribution in [0.4, 0.5) is 11.5 Å². The molecule has 0 aliphatic carbocycles. The SMILES string of the molecule is CCOc1cc(-c2ccc(N3CCN(C(=O)C#Cc4cncc([N+](=O)[O-])c4)CC3)nc2)c2c(C#N)cnn2c1. The van der Waals surface area contributed by atoms with E-state index in [4.69, 9.17) is 4.74 Å². The van der Waals surface area contributed by atoms with E-state index in [9.17, 15) is 20.2 Å². The number of carbonyl (C=O) groups excluding carboxylic acids is 1. The van der Waals surface area contributed by atoms with Crippen LogP contribution < -0.4 is 9.64 Å². The lowest BCUT2D eigenvalue weighted by Crippen LogP contribution is -2.48. The molecule has 1 fully saturated rings. The molecule has 5 heterocycles. The molecule has 0 bridgehead atoms. The van der Waals surface area contributed by atoms with Crippen LogP contribution in [-0.2, 0) is 4.79 Å². The Hall–Kier alpha value is -5.49. The molecule has 4 aromatic rings. The summed E-state index contributed by atoms with van der Waals surface area (Å²) in [6.07, 6.45) is 7.54. The summed E-state index contributed by atoms with van der Waals surface area (Å²) in [4.78, 5) is 35.1. The number of anilines is 1. The summed E-state index contributed by atoms with van der Waals surface area (Å²) in [7, 11) is 0. The van der Waals surface area contributed by atoms with Crippen LogP contribution in [-0.4, -0.2) is 68.1 Å². The summed E-state index contributed by atoms with van der Waals surface area (Å²) in [5.74, 6) is 6.27. The number of nitro groups is 1.